The maximum atomic E-state index is 13.9. The monoisotopic (exact) mass is 534 g/mol. The third kappa shape index (κ3) is 4.38. The second kappa shape index (κ2) is 10.3. The number of anilines is 2. The number of hydroxylamine groups is 1. The van der Waals surface area contributed by atoms with Gasteiger partial charge in [-0.15, -0.1) is 0 Å². The minimum absolute atomic E-state index is 0.233. The molecule has 0 radical (unpaired) electrons. The molecule has 2 heterocycles. The summed E-state index contributed by atoms with van der Waals surface area (Å²) in [6, 6.07) is 29.7. The summed E-state index contributed by atoms with van der Waals surface area (Å²) >= 11 is 0. The van der Waals surface area contributed by atoms with Gasteiger partial charge in [0, 0.05) is 0 Å². The fourth-order valence-corrected chi connectivity index (χ4v) is 5.19. The highest BCUT2D eigenvalue weighted by Crippen LogP contribution is 2.48. The summed E-state index contributed by atoms with van der Waals surface area (Å²) < 4.78 is 11.2. The maximum absolute atomic E-state index is 13.9. The fraction of sp³-hybridized carbons (Fsp3) is 0.156. The number of hydrogen-bond donors (Lipinski definition) is 0. The highest BCUT2D eigenvalue weighted by Gasteiger charge is 2.60. The van der Waals surface area contributed by atoms with Gasteiger partial charge in [-0.1, -0.05) is 60.2 Å². The van der Waals surface area contributed by atoms with Crippen molar-refractivity contribution in [3.05, 3.63) is 120 Å². The van der Waals surface area contributed by atoms with E-state index >= 15 is 0 Å². The molecule has 0 unspecified atom stereocenters. The van der Waals surface area contributed by atoms with E-state index in [0.29, 0.717) is 28.3 Å². The Balaban J connectivity index is 1.38. The van der Waals surface area contributed by atoms with Gasteiger partial charge >= 0.3 is 5.97 Å². The second-order valence-corrected chi connectivity index (χ2v) is 9.67. The molecule has 200 valence electrons. The lowest BCUT2D eigenvalue weighted by molar-refractivity contribution is -0.126. The Labute approximate surface area is 231 Å². The molecule has 0 bridgehead atoms. The van der Waals surface area contributed by atoms with Crippen molar-refractivity contribution >= 4 is 29.2 Å². The number of imide groups is 1. The van der Waals surface area contributed by atoms with E-state index in [4.69, 9.17) is 14.3 Å². The number of rotatable bonds is 6. The molecule has 0 saturated carbocycles. The normalized spacial score (nSPS) is 20.0. The number of nitrogens with zero attached hydrogens (tertiary/aromatic N) is 2. The third-order valence-electron chi connectivity index (χ3n) is 7.16. The second-order valence-electron chi connectivity index (χ2n) is 9.67. The van der Waals surface area contributed by atoms with Crippen LogP contribution in [0.4, 0.5) is 11.4 Å². The zero-order chi connectivity index (χ0) is 27.8. The van der Waals surface area contributed by atoms with E-state index in [-0.39, 0.29) is 11.7 Å². The van der Waals surface area contributed by atoms with Crippen LogP contribution in [0.15, 0.2) is 103 Å². The topological polar surface area (TPSA) is 85.4 Å². The van der Waals surface area contributed by atoms with Gasteiger partial charge in [0.25, 0.3) is 5.91 Å². The van der Waals surface area contributed by atoms with E-state index in [1.54, 1.807) is 59.7 Å². The van der Waals surface area contributed by atoms with Crippen molar-refractivity contribution in [2.24, 2.45) is 5.92 Å². The van der Waals surface area contributed by atoms with Crippen LogP contribution in [-0.4, -0.2) is 31.0 Å². The summed E-state index contributed by atoms with van der Waals surface area (Å²) in [6.45, 7) is 1.94. The SMILES string of the molecule is COc1cc([C@H]2[C@@H]3C(=O)N(c4ccc(C)cc4)C(=O)[C@H]3ON2c2ccccc2)ccc1OC(=O)c1ccccc1. The Morgan fingerprint density at radius 3 is 2.12 bits per heavy atom. The molecular weight excluding hydrogens is 508 g/mol. The molecular formula is C32H26N2O6. The molecule has 4 aromatic rings. The van der Waals surface area contributed by atoms with Gasteiger partial charge in [0.2, 0.25) is 5.91 Å². The van der Waals surface area contributed by atoms with Crippen LogP contribution >= 0.6 is 0 Å². The van der Waals surface area contributed by atoms with Crippen LogP contribution in [0.2, 0.25) is 0 Å². The van der Waals surface area contributed by atoms with Gasteiger partial charge < -0.3 is 9.47 Å². The van der Waals surface area contributed by atoms with Crippen LogP contribution in [0.3, 0.4) is 0 Å². The molecule has 2 saturated heterocycles. The molecule has 40 heavy (non-hydrogen) atoms. The lowest BCUT2D eigenvalue weighted by atomic mass is 9.90. The molecule has 0 aromatic heterocycles. The van der Waals surface area contributed by atoms with Crippen molar-refractivity contribution in [1.82, 2.24) is 0 Å². The van der Waals surface area contributed by atoms with Crippen molar-refractivity contribution in [2.45, 2.75) is 19.1 Å². The first-order valence-corrected chi connectivity index (χ1v) is 12.9. The van der Waals surface area contributed by atoms with Crippen molar-refractivity contribution in [3.8, 4) is 11.5 Å². The average Bonchev–Trinajstić information content (AvgIpc) is 3.50. The Kier molecular flexibility index (Phi) is 6.53. The summed E-state index contributed by atoms with van der Waals surface area (Å²) in [6.07, 6.45) is -0.999. The molecule has 2 fully saturated rings. The molecule has 4 aromatic carbocycles. The van der Waals surface area contributed by atoms with Crippen LogP contribution in [-0.2, 0) is 14.4 Å². The van der Waals surface area contributed by atoms with Crippen LogP contribution < -0.4 is 19.4 Å². The number of carbonyl (C=O) groups excluding carboxylic acids is 3. The van der Waals surface area contributed by atoms with Crippen molar-refractivity contribution in [2.75, 3.05) is 17.1 Å². The van der Waals surface area contributed by atoms with E-state index in [2.05, 4.69) is 0 Å². The average molecular weight is 535 g/mol. The van der Waals surface area contributed by atoms with E-state index < -0.39 is 29.9 Å². The number of carbonyl (C=O) groups is 3. The van der Waals surface area contributed by atoms with E-state index in [9.17, 15) is 14.4 Å². The van der Waals surface area contributed by atoms with Gasteiger partial charge in [0.1, 0.15) is 5.92 Å². The van der Waals surface area contributed by atoms with Crippen molar-refractivity contribution in [3.63, 3.8) is 0 Å². The van der Waals surface area contributed by atoms with Crippen LogP contribution in [0.25, 0.3) is 0 Å². The number of methoxy groups -OCH3 is 1. The van der Waals surface area contributed by atoms with Gasteiger partial charge in [-0.2, -0.15) is 0 Å². The molecule has 2 aliphatic rings. The number of aryl methyl sites for hydroxylation is 1. The van der Waals surface area contributed by atoms with Crippen molar-refractivity contribution in [1.29, 1.82) is 0 Å². The van der Waals surface area contributed by atoms with Gasteiger partial charge in [-0.25, -0.2) is 14.8 Å². The van der Waals surface area contributed by atoms with E-state index in [1.807, 2.05) is 55.5 Å². The number of ether oxygens (including phenoxy) is 2. The summed E-state index contributed by atoms with van der Waals surface area (Å²) in [7, 11) is 1.48. The Morgan fingerprint density at radius 2 is 1.45 bits per heavy atom. The fourth-order valence-electron chi connectivity index (χ4n) is 5.19. The number of para-hydroxylation sites is 1. The molecule has 0 aliphatic carbocycles. The predicted molar refractivity (Wildman–Crippen MR) is 148 cm³/mol. The molecule has 8 heteroatoms. The highest BCUT2D eigenvalue weighted by atomic mass is 16.7. The first kappa shape index (κ1) is 25.3. The summed E-state index contributed by atoms with van der Waals surface area (Å²) in [4.78, 5) is 47.5. The molecule has 8 nitrogen and oxygen atoms in total. The molecule has 6 rings (SSSR count). The van der Waals surface area contributed by atoms with Crippen LogP contribution in [0.5, 0.6) is 11.5 Å². The van der Waals surface area contributed by atoms with Gasteiger partial charge in [-0.05, 0) is 61.0 Å². The number of fused-ring (bicyclic) bond motifs is 1. The van der Waals surface area contributed by atoms with Gasteiger partial charge in [0.15, 0.2) is 17.6 Å². The zero-order valence-electron chi connectivity index (χ0n) is 21.9. The number of benzene rings is 4. The largest absolute Gasteiger partial charge is 0.493 e. The highest BCUT2D eigenvalue weighted by molar-refractivity contribution is 6.23. The Hall–Kier alpha value is -4.95. The van der Waals surface area contributed by atoms with Crippen LogP contribution in [0, 0.1) is 12.8 Å². The van der Waals surface area contributed by atoms with Crippen molar-refractivity contribution < 1.29 is 28.7 Å². The third-order valence-corrected chi connectivity index (χ3v) is 7.16. The summed E-state index contributed by atoms with van der Waals surface area (Å²) in [5.41, 5.74) is 3.29. The number of hydrogen-bond acceptors (Lipinski definition) is 7. The lowest BCUT2D eigenvalue weighted by Gasteiger charge is -2.29. The standard InChI is InChI=1S/C32H26N2O6/c1-20-13-16-23(17-14-20)33-30(35)27-28(34(40-29(27)31(33)36)24-11-7-4-8-12-24)22-15-18-25(26(19-22)38-2)39-32(37)21-9-5-3-6-10-21/h3-19,27-29H,1-2H3/t27-,28-,29-/m0/s1. The van der Waals surface area contributed by atoms with E-state index in [0.717, 1.165) is 5.56 Å². The quantitative estimate of drug-likeness (QED) is 0.189. The molecule has 0 N–H and O–H groups in total. The Morgan fingerprint density at radius 1 is 0.775 bits per heavy atom. The van der Waals surface area contributed by atoms with Gasteiger partial charge in [-0.3, -0.25) is 14.4 Å². The Bertz CT molecular complexity index is 1570. The lowest BCUT2D eigenvalue weighted by Crippen LogP contribution is -2.37. The maximum Gasteiger partial charge on any atom is 0.343 e. The number of amides is 2. The first-order chi connectivity index (χ1) is 19.5. The summed E-state index contributed by atoms with van der Waals surface area (Å²) in [5.74, 6) is -1.55. The smallest absolute Gasteiger partial charge is 0.343 e. The van der Waals surface area contributed by atoms with Gasteiger partial charge in [0.05, 0.1) is 30.1 Å². The molecule has 2 aliphatic heterocycles. The van der Waals surface area contributed by atoms with E-state index in [1.165, 1.54) is 12.0 Å². The minimum Gasteiger partial charge on any atom is -0.493 e. The molecule has 2 amide bonds. The zero-order valence-corrected chi connectivity index (χ0v) is 21.9. The number of esters is 1. The first-order valence-electron chi connectivity index (χ1n) is 12.9. The summed E-state index contributed by atoms with van der Waals surface area (Å²) in [5, 5.41) is 1.61. The predicted octanol–water partition coefficient (Wildman–Crippen LogP) is 5.27. The minimum atomic E-state index is -0.999. The molecule has 0 spiro atoms. The van der Waals surface area contributed by atoms with Crippen LogP contribution in [0.1, 0.15) is 27.5 Å². The molecule has 3 atom stereocenters.